The molecule has 0 saturated carbocycles. The van der Waals surface area contributed by atoms with Gasteiger partial charge in [-0.1, -0.05) is 27.7 Å². The lowest BCUT2D eigenvalue weighted by Crippen LogP contribution is -2.59. The van der Waals surface area contributed by atoms with Crippen molar-refractivity contribution in [3.8, 4) is 0 Å². The minimum absolute atomic E-state index is 0.0492. The summed E-state index contributed by atoms with van der Waals surface area (Å²) < 4.78 is 0. The van der Waals surface area contributed by atoms with E-state index in [2.05, 4.69) is 49.2 Å². The highest BCUT2D eigenvalue weighted by molar-refractivity contribution is 7.80. The summed E-state index contributed by atoms with van der Waals surface area (Å²) in [6.45, 7) is 9.02. The predicted molar refractivity (Wildman–Crippen MR) is 186 cm³/mol. The van der Waals surface area contributed by atoms with E-state index < -0.39 is 65.7 Å². The van der Waals surface area contributed by atoms with Crippen LogP contribution in [0, 0.1) is 11.8 Å². The molecule has 0 unspecified atom stereocenters. The van der Waals surface area contributed by atoms with Gasteiger partial charge in [-0.3, -0.25) is 34.0 Å². The second-order valence-electron chi connectivity index (χ2n) is 12.2. The van der Waals surface area contributed by atoms with Gasteiger partial charge in [-0.25, -0.2) is 4.79 Å². The topological polar surface area (TPSA) is 312 Å². The Morgan fingerprint density at radius 1 is 0.604 bits per heavy atom. The summed E-state index contributed by atoms with van der Waals surface area (Å²) in [7, 11) is 0. The zero-order valence-corrected chi connectivity index (χ0v) is 29.3. The van der Waals surface area contributed by atoms with Gasteiger partial charge in [0, 0.05) is 25.8 Å². The summed E-state index contributed by atoms with van der Waals surface area (Å²) in [6, 6.07) is -5.66. The molecule has 19 heteroatoms. The van der Waals surface area contributed by atoms with E-state index in [1.54, 1.807) is 0 Å². The van der Waals surface area contributed by atoms with Crippen molar-refractivity contribution in [3.05, 3.63) is 0 Å². The van der Waals surface area contributed by atoms with Crippen molar-refractivity contribution in [2.75, 3.05) is 18.8 Å². The number of rotatable bonds is 23. The SMILES string of the molecule is CC(=O)N[C@H](CCCN=C(N)N)C(=O)N[C@H](CC(C)C)C(=O)N[C@H](CC(C)C)C(=O)N[C@H](CCCN=C(N)N)C(=O)N[C@H](CS)C(=O)O. The van der Waals surface area contributed by atoms with E-state index in [4.69, 9.17) is 22.9 Å². The number of amides is 5. The first-order valence-corrected chi connectivity index (χ1v) is 16.4. The molecule has 0 aromatic heterocycles. The average molecular weight is 702 g/mol. The van der Waals surface area contributed by atoms with Crippen molar-refractivity contribution < 1.29 is 33.9 Å². The van der Waals surface area contributed by atoms with Gasteiger partial charge in [-0.05, 0) is 50.4 Å². The summed E-state index contributed by atoms with van der Waals surface area (Å²) in [5, 5.41) is 22.3. The van der Waals surface area contributed by atoms with Crippen LogP contribution in [0.3, 0.4) is 0 Å². The average Bonchev–Trinajstić information content (AvgIpc) is 2.96. The Bertz CT molecular complexity index is 1140. The summed E-state index contributed by atoms with van der Waals surface area (Å²) >= 11 is 3.97. The van der Waals surface area contributed by atoms with Crippen molar-refractivity contribution in [1.29, 1.82) is 0 Å². The van der Waals surface area contributed by atoms with E-state index in [1.165, 1.54) is 6.92 Å². The van der Waals surface area contributed by atoms with Gasteiger partial charge in [0.05, 0.1) is 0 Å². The van der Waals surface area contributed by atoms with Crippen LogP contribution < -0.4 is 49.5 Å². The van der Waals surface area contributed by atoms with E-state index in [0.717, 1.165) is 0 Å². The van der Waals surface area contributed by atoms with Crippen LogP contribution in [0.4, 0.5) is 0 Å². The molecular formula is C29H55N11O7S. The Morgan fingerprint density at radius 3 is 1.25 bits per heavy atom. The molecule has 0 heterocycles. The maximum atomic E-state index is 13.6. The third-order valence-corrected chi connectivity index (χ3v) is 7.06. The second-order valence-corrected chi connectivity index (χ2v) is 12.5. The Labute approximate surface area is 287 Å². The Kier molecular flexibility index (Phi) is 21.0. The Balaban J connectivity index is 6.06. The molecule has 0 aliphatic rings. The first kappa shape index (κ1) is 43.7. The van der Waals surface area contributed by atoms with Gasteiger partial charge in [-0.15, -0.1) is 0 Å². The molecule has 0 aliphatic heterocycles. The Hall–Kier alpha value is -4.29. The summed E-state index contributed by atoms with van der Waals surface area (Å²) in [6.07, 6.45) is 1.27. The predicted octanol–water partition coefficient (Wildman–Crippen LogP) is -2.36. The number of nitrogens with two attached hydrogens (primary N) is 4. The molecule has 0 aliphatic carbocycles. The first-order chi connectivity index (χ1) is 22.4. The number of nitrogens with zero attached hydrogens (tertiary/aromatic N) is 2. The lowest BCUT2D eigenvalue weighted by atomic mass is 9.99. The van der Waals surface area contributed by atoms with Crippen molar-refractivity contribution in [3.63, 3.8) is 0 Å². The number of carboxylic acids is 1. The fraction of sp³-hybridized carbons (Fsp3) is 0.724. The number of thiol groups is 1. The van der Waals surface area contributed by atoms with Gasteiger partial charge in [0.25, 0.3) is 0 Å². The third kappa shape index (κ3) is 19.4. The molecule has 5 amide bonds. The zero-order chi connectivity index (χ0) is 37.0. The largest absolute Gasteiger partial charge is 0.480 e. The lowest BCUT2D eigenvalue weighted by molar-refractivity contribution is -0.141. The minimum Gasteiger partial charge on any atom is -0.480 e. The summed E-state index contributed by atoms with van der Waals surface area (Å²) in [5.74, 6) is -5.04. The molecular weight excluding hydrogens is 646 g/mol. The number of nitrogens with one attached hydrogen (secondary N) is 5. The number of carbonyl (C=O) groups is 6. The molecule has 0 bridgehead atoms. The third-order valence-electron chi connectivity index (χ3n) is 6.69. The summed E-state index contributed by atoms with van der Waals surface area (Å²) in [5.41, 5.74) is 21.4. The van der Waals surface area contributed by atoms with Crippen LogP contribution in [0.5, 0.6) is 0 Å². The van der Waals surface area contributed by atoms with Gasteiger partial charge in [0.1, 0.15) is 30.2 Å². The molecule has 0 fully saturated rings. The molecule has 18 nitrogen and oxygen atoms in total. The molecule has 0 radical (unpaired) electrons. The van der Waals surface area contributed by atoms with Crippen molar-refractivity contribution in [2.45, 2.75) is 103 Å². The molecule has 14 N–H and O–H groups in total. The normalized spacial score (nSPS) is 14.0. The fourth-order valence-corrected chi connectivity index (χ4v) is 4.72. The zero-order valence-electron chi connectivity index (χ0n) is 28.5. The first-order valence-electron chi connectivity index (χ1n) is 15.8. The quantitative estimate of drug-likeness (QED) is 0.0232. The van der Waals surface area contributed by atoms with Crippen LogP contribution in [0.1, 0.15) is 73.1 Å². The molecule has 274 valence electrons. The smallest absolute Gasteiger partial charge is 0.327 e. The monoisotopic (exact) mass is 701 g/mol. The van der Waals surface area contributed by atoms with Crippen molar-refractivity contribution >= 4 is 60.1 Å². The molecule has 0 aromatic rings. The Morgan fingerprint density at radius 2 is 0.938 bits per heavy atom. The van der Waals surface area contributed by atoms with E-state index in [9.17, 15) is 33.9 Å². The van der Waals surface area contributed by atoms with Crippen LogP contribution in [-0.2, 0) is 28.8 Å². The number of aliphatic carboxylic acids is 1. The maximum Gasteiger partial charge on any atom is 0.327 e. The molecule has 0 spiro atoms. The summed E-state index contributed by atoms with van der Waals surface area (Å²) in [4.78, 5) is 84.6. The standard InChI is InChI=1S/C29H55N11O7S/c1-15(2)12-20(25(44)37-19(9-7-11-35-29(32)33)24(43)40-22(14-48)27(46)47)39-26(45)21(13-16(3)4)38-23(42)18(36-17(5)41)8-6-10-34-28(30)31/h15-16,18-22,48H,6-14H2,1-5H3,(H,36,41)(H,37,44)(H,38,42)(H,39,45)(H,40,43)(H,46,47)(H4,30,31,34)(H4,32,33,35)/t18-,19-,20-,21-,22-/m1/s1. The number of aliphatic imine (C=N–C) groups is 2. The van der Waals surface area contributed by atoms with Crippen molar-refractivity contribution in [2.24, 2.45) is 44.8 Å². The van der Waals surface area contributed by atoms with Gasteiger partial charge < -0.3 is 54.6 Å². The van der Waals surface area contributed by atoms with Crippen LogP contribution >= 0.6 is 12.6 Å². The van der Waals surface area contributed by atoms with Crippen LogP contribution in [0.15, 0.2) is 9.98 Å². The number of carbonyl (C=O) groups excluding carboxylic acids is 5. The van der Waals surface area contributed by atoms with Gasteiger partial charge in [0.15, 0.2) is 11.9 Å². The van der Waals surface area contributed by atoms with E-state index in [0.29, 0.717) is 6.42 Å². The van der Waals surface area contributed by atoms with E-state index in [-0.39, 0.29) is 74.7 Å². The maximum absolute atomic E-state index is 13.6. The molecule has 0 rings (SSSR count). The minimum atomic E-state index is -1.31. The van der Waals surface area contributed by atoms with Gasteiger partial charge >= 0.3 is 5.97 Å². The van der Waals surface area contributed by atoms with Gasteiger partial charge in [-0.2, -0.15) is 12.6 Å². The highest BCUT2D eigenvalue weighted by Crippen LogP contribution is 2.11. The van der Waals surface area contributed by atoms with E-state index in [1.807, 2.05) is 27.7 Å². The number of hydrogen-bond donors (Lipinski definition) is 11. The number of guanidine groups is 2. The second kappa shape index (κ2) is 23.1. The molecule has 0 saturated heterocycles. The van der Waals surface area contributed by atoms with Crippen LogP contribution in [-0.4, -0.2) is 102 Å². The highest BCUT2D eigenvalue weighted by atomic mass is 32.1. The van der Waals surface area contributed by atoms with Crippen molar-refractivity contribution in [1.82, 2.24) is 26.6 Å². The highest BCUT2D eigenvalue weighted by Gasteiger charge is 2.32. The number of carboxylic acid groups (broad SMARTS) is 1. The van der Waals surface area contributed by atoms with Crippen LogP contribution in [0.25, 0.3) is 0 Å². The lowest BCUT2D eigenvalue weighted by Gasteiger charge is -2.28. The number of hydrogen-bond acceptors (Lipinski definition) is 9. The molecule has 5 atom stereocenters. The van der Waals surface area contributed by atoms with E-state index >= 15 is 0 Å². The van der Waals surface area contributed by atoms with Crippen LogP contribution in [0.2, 0.25) is 0 Å². The fourth-order valence-electron chi connectivity index (χ4n) is 4.47. The molecule has 48 heavy (non-hydrogen) atoms. The molecule has 0 aromatic carbocycles. The van der Waals surface area contributed by atoms with Gasteiger partial charge in [0.2, 0.25) is 29.5 Å².